The molecule has 5 N–H and O–H groups in total. The van der Waals surface area contributed by atoms with Crippen LogP contribution < -0.4 is 10.1 Å². The SMILES string of the molecule is CC(Oc1ccc(O)cc1)C(=O)NC1CCN(C(=O)c2cc(O)c(O)c(O)c2)CC1. The molecule has 0 spiro atoms. The van der Waals surface area contributed by atoms with Crippen LogP contribution in [0.4, 0.5) is 0 Å². The van der Waals surface area contributed by atoms with Gasteiger partial charge in [-0.3, -0.25) is 9.59 Å². The number of nitrogens with one attached hydrogen (secondary N) is 1. The summed E-state index contributed by atoms with van der Waals surface area (Å²) in [7, 11) is 0. The maximum absolute atomic E-state index is 12.6. The molecule has 1 atom stereocenters. The van der Waals surface area contributed by atoms with Crippen LogP contribution in [0.2, 0.25) is 0 Å². The number of nitrogens with zero attached hydrogens (tertiary/aromatic N) is 1. The van der Waals surface area contributed by atoms with Gasteiger partial charge in [0.2, 0.25) is 0 Å². The molecule has 0 aliphatic carbocycles. The number of amides is 2. The van der Waals surface area contributed by atoms with Crippen molar-refractivity contribution >= 4 is 11.8 Å². The molecule has 1 fully saturated rings. The van der Waals surface area contributed by atoms with Crippen LogP contribution in [0.5, 0.6) is 28.7 Å². The van der Waals surface area contributed by atoms with E-state index in [4.69, 9.17) is 4.74 Å². The summed E-state index contributed by atoms with van der Waals surface area (Å²) in [6.07, 6.45) is 0.357. The zero-order chi connectivity index (χ0) is 21.8. The number of hydrogen-bond donors (Lipinski definition) is 5. The Labute approximate surface area is 173 Å². The average molecular weight is 416 g/mol. The van der Waals surface area contributed by atoms with E-state index in [1.807, 2.05) is 0 Å². The van der Waals surface area contributed by atoms with Gasteiger partial charge in [0.05, 0.1) is 0 Å². The van der Waals surface area contributed by atoms with E-state index in [1.54, 1.807) is 24.0 Å². The van der Waals surface area contributed by atoms with E-state index in [1.165, 1.54) is 12.1 Å². The third kappa shape index (κ3) is 4.86. The van der Waals surface area contributed by atoms with Crippen molar-refractivity contribution in [1.82, 2.24) is 10.2 Å². The monoisotopic (exact) mass is 416 g/mol. The topological polar surface area (TPSA) is 140 Å². The highest BCUT2D eigenvalue weighted by Gasteiger charge is 2.27. The molecule has 0 aromatic heterocycles. The van der Waals surface area contributed by atoms with Gasteiger partial charge in [0, 0.05) is 24.7 Å². The Kier molecular flexibility index (Phi) is 6.20. The number of rotatable bonds is 5. The molecule has 0 radical (unpaired) electrons. The van der Waals surface area contributed by atoms with Crippen LogP contribution in [-0.4, -0.2) is 62.4 Å². The number of benzene rings is 2. The van der Waals surface area contributed by atoms with E-state index in [-0.39, 0.29) is 29.2 Å². The van der Waals surface area contributed by atoms with Crippen LogP contribution in [0, 0.1) is 0 Å². The van der Waals surface area contributed by atoms with Crippen LogP contribution >= 0.6 is 0 Å². The van der Waals surface area contributed by atoms with Crippen LogP contribution in [0.1, 0.15) is 30.1 Å². The Morgan fingerprint density at radius 1 is 1.03 bits per heavy atom. The quantitative estimate of drug-likeness (QED) is 0.467. The van der Waals surface area contributed by atoms with E-state index in [9.17, 15) is 30.0 Å². The van der Waals surface area contributed by atoms with E-state index in [0.717, 1.165) is 12.1 Å². The molecule has 1 aliphatic rings. The largest absolute Gasteiger partial charge is 0.508 e. The van der Waals surface area contributed by atoms with Crippen molar-refractivity contribution in [1.29, 1.82) is 0 Å². The summed E-state index contributed by atoms with van der Waals surface area (Å²) < 4.78 is 5.57. The van der Waals surface area contributed by atoms with E-state index >= 15 is 0 Å². The molecule has 1 aliphatic heterocycles. The number of likely N-dealkylation sites (tertiary alicyclic amines) is 1. The van der Waals surface area contributed by atoms with Gasteiger partial charge in [0.15, 0.2) is 23.4 Å². The third-order valence-electron chi connectivity index (χ3n) is 4.96. The molecule has 0 bridgehead atoms. The minimum absolute atomic E-state index is 0.0706. The normalized spacial score (nSPS) is 15.4. The molecule has 9 heteroatoms. The predicted octanol–water partition coefficient (Wildman–Crippen LogP) is 1.70. The Bertz CT molecular complexity index is 898. The van der Waals surface area contributed by atoms with Gasteiger partial charge in [0.1, 0.15) is 11.5 Å². The van der Waals surface area contributed by atoms with Crippen LogP contribution in [0.25, 0.3) is 0 Å². The van der Waals surface area contributed by atoms with Crippen molar-refractivity contribution in [2.24, 2.45) is 0 Å². The van der Waals surface area contributed by atoms with E-state index < -0.39 is 23.4 Å². The zero-order valence-electron chi connectivity index (χ0n) is 16.4. The van der Waals surface area contributed by atoms with Crippen molar-refractivity contribution in [3.63, 3.8) is 0 Å². The number of aromatic hydroxyl groups is 4. The summed E-state index contributed by atoms with van der Waals surface area (Å²) >= 11 is 0. The molecule has 9 nitrogen and oxygen atoms in total. The van der Waals surface area contributed by atoms with Crippen molar-refractivity contribution in [2.75, 3.05) is 13.1 Å². The van der Waals surface area contributed by atoms with Crippen molar-refractivity contribution in [3.05, 3.63) is 42.0 Å². The standard InChI is InChI=1S/C21H24N2O7/c1-12(30-16-4-2-15(24)3-5-16)20(28)22-14-6-8-23(9-7-14)21(29)13-10-17(25)19(27)18(26)11-13/h2-5,10-12,14,24-27H,6-9H2,1H3,(H,22,28). The molecule has 2 amide bonds. The minimum atomic E-state index is -0.725. The number of ether oxygens (including phenoxy) is 1. The van der Waals surface area contributed by atoms with Crippen molar-refractivity contribution < 1.29 is 34.8 Å². The first-order chi connectivity index (χ1) is 14.2. The van der Waals surface area contributed by atoms with Gasteiger partial charge in [-0.05, 0) is 56.2 Å². The van der Waals surface area contributed by atoms with Gasteiger partial charge in [-0.2, -0.15) is 0 Å². The average Bonchev–Trinajstić information content (AvgIpc) is 2.73. The molecular weight excluding hydrogens is 392 g/mol. The smallest absolute Gasteiger partial charge is 0.260 e. The number of carbonyl (C=O) groups excluding carboxylic acids is 2. The van der Waals surface area contributed by atoms with Crippen molar-refractivity contribution in [3.8, 4) is 28.7 Å². The molecule has 2 aromatic carbocycles. The zero-order valence-corrected chi connectivity index (χ0v) is 16.4. The molecule has 1 heterocycles. The van der Waals surface area contributed by atoms with Gasteiger partial charge >= 0.3 is 0 Å². The predicted molar refractivity (Wildman–Crippen MR) is 107 cm³/mol. The van der Waals surface area contributed by atoms with Gasteiger partial charge in [-0.25, -0.2) is 0 Å². The number of carbonyl (C=O) groups is 2. The summed E-state index contributed by atoms with van der Waals surface area (Å²) in [4.78, 5) is 26.5. The lowest BCUT2D eigenvalue weighted by molar-refractivity contribution is -0.128. The van der Waals surface area contributed by atoms with Crippen LogP contribution in [-0.2, 0) is 4.79 Å². The molecule has 2 aromatic rings. The summed E-state index contributed by atoms with van der Waals surface area (Å²) in [6.45, 7) is 2.41. The van der Waals surface area contributed by atoms with Crippen molar-refractivity contribution in [2.45, 2.75) is 31.9 Å². The van der Waals surface area contributed by atoms with E-state index in [0.29, 0.717) is 31.7 Å². The molecule has 0 saturated carbocycles. The molecule has 160 valence electrons. The fourth-order valence-electron chi connectivity index (χ4n) is 3.24. The summed E-state index contributed by atoms with van der Waals surface area (Å²) in [5, 5.41) is 40.8. The second-order valence-electron chi connectivity index (χ2n) is 7.19. The molecular formula is C21H24N2O7. The fourth-order valence-corrected chi connectivity index (χ4v) is 3.24. The number of phenolic OH excluding ortho intramolecular Hbond substituents is 4. The van der Waals surface area contributed by atoms with Gasteiger partial charge in [0.25, 0.3) is 11.8 Å². The molecule has 1 unspecified atom stereocenters. The van der Waals surface area contributed by atoms with Gasteiger partial charge < -0.3 is 35.4 Å². The highest BCUT2D eigenvalue weighted by Crippen LogP contribution is 2.35. The molecule has 3 rings (SSSR count). The lowest BCUT2D eigenvalue weighted by atomic mass is 10.0. The Hall–Kier alpha value is -3.62. The first-order valence-corrected chi connectivity index (χ1v) is 9.55. The van der Waals surface area contributed by atoms with E-state index in [2.05, 4.69) is 5.32 Å². The van der Waals surface area contributed by atoms with Crippen LogP contribution in [0.15, 0.2) is 36.4 Å². The Morgan fingerprint density at radius 2 is 1.60 bits per heavy atom. The lowest BCUT2D eigenvalue weighted by Gasteiger charge is -2.33. The highest BCUT2D eigenvalue weighted by molar-refractivity contribution is 5.95. The minimum Gasteiger partial charge on any atom is -0.508 e. The second-order valence-corrected chi connectivity index (χ2v) is 7.19. The van der Waals surface area contributed by atoms with Gasteiger partial charge in [-0.15, -0.1) is 0 Å². The molecule has 1 saturated heterocycles. The fraction of sp³-hybridized carbons (Fsp3) is 0.333. The Morgan fingerprint density at radius 3 is 2.17 bits per heavy atom. The maximum Gasteiger partial charge on any atom is 0.260 e. The second kappa shape index (κ2) is 8.81. The highest BCUT2D eigenvalue weighted by atomic mass is 16.5. The number of piperidine rings is 1. The number of phenols is 4. The van der Waals surface area contributed by atoms with Crippen LogP contribution in [0.3, 0.4) is 0 Å². The summed E-state index contributed by atoms with van der Waals surface area (Å²) in [6, 6.07) is 8.18. The first kappa shape index (κ1) is 21.1. The maximum atomic E-state index is 12.6. The van der Waals surface area contributed by atoms with Gasteiger partial charge in [-0.1, -0.05) is 0 Å². The summed E-state index contributed by atoms with van der Waals surface area (Å²) in [5.41, 5.74) is 0.0706. The first-order valence-electron chi connectivity index (χ1n) is 9.55. The summed E-state index contributed by atoms with van der Waals surface area (Å²) in [5.74, 6) is -1.88. The Balaban J connectivity index is 1.50. The number of hydrogen-bond acceptors (Lipinski definition) is 7. The third-order valence-corrected chi connectivity index (χ3v) is 4.96. The molecule has 30 heavy (non-hydrogen) atoms. The lowest BCUT2D eigenvalue weighted by Crippen LogP contribution is -2.49.